The second-order valence-corrected chi connectivity index (χ2v) is 7.94. The molecule has 152 valence electrons. The molecular weight excluding hydrogens is 368 g/mol. The molecular formula is C23H26N2O4. The molecule has 3 rings (SSSR count). The van der Waals surface area contributed by atoms with Gasteiger partial charge in [-0.3, -0.25) is 4.79 Å². The Morgan fingerprint density at radius 1 is 1.34 bits per heavy atom. The van der Waals surface area contributed by atoms with Crippen LogP contribution in [0.5, 0.6) is 11.5 Å². The van der Waals surface area contributed by atoms with Gasteiger partial charge in [0.05, 0.1) is 12.5 Å². The quantitative estimate of drug-likeness (QED) is 0.730. The van der Waals surface area contributed by atoms with E-state index in [1.807, 2.05) is 26.8 Å². The molecule has 0 saturated heterocycles. The van der Waals surface area contributed by atoms with Crippen LogP contribution < -0.4 is 15.2 Å². The number of benzene rings is 1. The first-order chi connectivity index (χ1) is 13.8. The fraction of sp³-hybridized carbons (Fsp3) is 0.391. The Labute approximate surface area is 171 Å². The van der Waals surface area contributed by atoms with Crippen molar-refractivity contribution in [1.29, 1.82) is 5.26 Å². The van der Waals surface area contributed by atoms with Gasteiger partial charge in [0.1, 0.15) is 24.0 Å². The summed E-state index contributed by atoms with van der Waals surface area (Å²) in [6, 6.07) is 7.55. The second kappa shape index (κ2) is 8.04. The molecule has 6 nitrogen and oxygen atoms in total. The molecule has 0 spiro atoms. The lowest BCUT2D eigenvalue weighted by atomic mass is 9.70. The van der Waals surface area contributed by atoms with Crippen molar-refractivity contribution in [3.05, 3.63) is 59.2 Å². The SMILES string of the molecule is C=CCOc1ccc(C2C(C#N)=C(N)OC3=C2C(=O)CC(C)(C)C3)cc1OCC. The maximum atomic E-state index is 13.0. The summed E-state index contributed by atoms with van der Waals surface area (Å²) < 4.78 is 17.1. The van der Waals surface area contributed by atoms with Gasteiger partial charge in [-0.2, -0.15) is 5.26 Å². The van der Waals surface area contributed by atoms with E-state index in [1.54, 1.807) is 18.2 Å². The van der Waals surface area contributed by atoms with E-state index in [-0.39, 0.29) is 22.7 Å². The van der Waals surface area contributed by atoms with Crippen molar-refractivity contribution in [3.63, 3.8) is 0 Å². The first-order valence-corrected chi connectivity index (χ1v) is 9.65. The minimum Gasteiger partial charge on any atom is -0.490 e. The summed E-state index contributed by atoms with van der Waals surface area (Å²) in [5.74, 6) is 1.11. The normalized spacial score (nSPS) is 20.5. The molecule has 6 heteroatoms. The summed E-state index contributed by atoms with van der Waals surface area (Å²) in [5.41, 5.74) is 7.34. The van der Waals surface area contributed by atoms with Crippen molar-refractivity contribution in [3.8, 4) is 17.6 Å². The Bertz CT molecular complexity index is 950. The Kier molecular flexibility index (Phi) is 5.69. The van der Waals surface area contributed by atoms with E-state index < -0.39 is 5.92 Å². The summed E-state index contributed by atoms with van der Waals surface area (Å²) >= 11 is 0. The average molecular weight is 394 g/mol. The first-order valence-electron chi connectivity index (χ1n) is 9.65. The zero-order valence-corrected chi connectivity index (χ0v) is 17.1. The van der Waals surface area contributed by atoms with E-state index in [4.69, 9.17) is 19.9 Å². The van der Waals surface area contributed by atoms with E-state index in [0.717, 1.165) is 5.56 Å². The molecule has 1 atom stereocenters. The molecule has 0 aromatic heterocycles. The van der Waals surface area contributed by atoms with Crippen molar-refractivity contribution >= 4 is 5.78 Å². The summed E-state index contributed by atoms with van der Waals surface area (Å²) in [6.45, 7) is 10.4. The van der Waals surface area contributed by atoms with Gasteiger partial charge in [-0.15, -0.1) is 0 Å². The molecule has 1 unspecified atom stereocenters. The molecule has 1 aliphatic carbocycles. The fourth-order valence-electron chi connectivity index (χ4n) is 3.86. The van der Waals surface area contributed by atoms with Crippen LogP contribution in [-0.2, 0) is 9.53 Å². The zero-order chi connectivity index (χ0) is 21.2. The minimum absolute atomic E-state index is 0.0218. The van der Waals surface area contributed by atoms with Crippen LogP contribution in [0.4, 0.5) is 0 Å². The van der Waals surface area contributed by atoms with Gasteiger partial charge in [-0.05, 0) is 30.0 Å². The lowest BCUT2D eigenvalue weighted by Gasteiger charge is -2.37. The number of carbonyl (C=O) groups excluding carboxylic acids is 1. The van der Waals surface area contributed by atoms with Crippen molar-refractivity contribution in [2.24, 2.45) is 11.1 Å². The molecule has 29 heavy (non-hydrogen) atoms. The van der Waals surface area contributed by atoms with E-state index in [1.165, 1.54) is 0 Å². The number of rotatable bonds is 6. The monoisotopic (exact) mass is 394 g/mol. The number of ketones is 1. The number of allylic oxidation sites excluding steroid dienone is 3. The lowest BCUT2D eigenvalue weighted by molar-refractivity contribution is -0.119. The van der Waals surface area contributed by atoms with E-state index in [0.29, 0.717) is 48.9 Å². The van der Waals surface area contributed by atoms with E-state index in [2.05, 4.69) is 12.6 Å². The van der Waals surface area contributed by atoms with Crippen LogP contribution in [-0.4, -0.2) is 19.0 Å². The van der Waals surface area contributed by atoms with Crippen molar-refractivity contribution in [2.45, 2.75) is 39.5 Å². The number of nitrogens with zero attached hydrogens (tertiary/aromatic N) is 1. The highest BCUT2D eigenvalue weighted by molar-refractivity contribution is 6.00. The Hall–Kier alpha value is -3.20. The van der Waals surface area contributed by atoms with Gasteiger partial charge in [0, 0.05) is 18.4 Å². The Morgan fingerprint density at radius 2 is 2.10 bits per heavy atom. The third-order valence-corrected chi connectivity index (χ3v) is 5.03. The number of Topliss-reactive ketones (excluding diaryl/α,β-unsaturated/α-hetero) is 1. The number of nitrogens with two attached hydrogens (primary N) is 1. The van der Waals surface area contributed by atoms with Crippen LogP contribution in [0.1, 0.15) is 45.1 Å². The van der Waals surface area contributed by atoms with E-state index in [9.17, 15) is 10.1 Å². The second-order valence-electron chi connectivity index (χ2n) is 7.94. The van der Waals surface area contributed by atoms with Crippen molar-refractivity contribution in [1.82, 2.24) is 0 Å². The third kappa shape index (κ3) is 4.00. The van der Waals surface area contributed by atoms with Gasteiger partial charge in [0.15, 0.2) is 17.3 Å². The number of hydrogen-bond donors (Lipinski definition) is 1. The highest BCUT2D eigenvalue weighted by atomic mass is 16.5. The third-order valence-electron chi connectivity index (χ3n) is 5.03. The topological polar surface area (TPSA) is 94.6 Å². The predicted molar refractivity (Wildman–Crippen MR) is 109 cm³/mol. The smallest absolute Gasteiger partial charge is 0.205 e. The molecule has 2 N–H and O–H groups in total. The van der Waals surface area contributed by atoms with Crippen molar-refractivity contribution < 1.29 is 19.0 Å². The number of carbonyl (C=O) groups is 1. The van der Waals surface area contributed by atoms with Crippen LogP contribution in [0.25, 0.3) is 0 Å². The van der Waals surface area contributed by atoms with Crippen LogP contribution in [0.15, 0.2) is 53.6 Å². The Balaban J connectivity index is 2.13. The average Bonchev–Trinajstić information content (AvgIpc) is 2.65. The molecule has 1 heterocycles. The molecule has 0 saturated carbocycles. The molecule has 0 bridgehead atoms. The lowest BCUT2D eigenvalue weighted by Crippen LogP contribution is -2.33. The van der Waals surface area contributed by atoms with Crippen LogP contribution >= 0.6 is 0 Å². The van der Waals surface area contributed by atoms with Gasteiger partial charge >= 0.3 is 0 Å². The summed E-state index contributed by atoms with van der Waals surface area (Å²) in [4.78, 5) is 13.0. The Morgan fingerprint density at radius 3 is 2.76 bits per heavy atom. The van der Waals surface area contributed by atoms with Crippen LogP contribution in [0.3, 0.4) is 0 Å². The molecule has 1 aromatic rings. The molecule has 2 aliphatic rings. The number of nitriles is 1. The fourth-order valence-corrected chi connectivity index (χ4v) is 3.86. The maximum Gasteiger partial charge on any atom is 0.205 e. The summed E-state index contributed by atoms with van der Waals surface area (Å²) in [7, 11) is 0. The minimum atomic E-state index is -0.583. The summed E-state index contributed by atoms with van der Waals surface area (Å²) in [5, 5.41) is 9.75. The van der Waals surface area contributed by atoms with Crippen LogP contribution in [0.2, 0.25) is 0 Å². The number of ether oxygens (including phenoxy) is 3. The zero-order valence-electron chi connectivity index (χ0n) is 17.1. The standard InChI is InChI=1S/C23H26N2O4/c1-5-9-28-17-8-7-14(10-18(17)27-6-2)20-15(13-24)22(25)29-19-12-23(3,4)11-16(26)21(19)20/h5,7-8,10,20H,1,6,9,11-12,25H2,2-4H3. The van der Waals surface area contributed by atoms with Crippen molar-refractivity contribution in [2.75, 3.05) is 13.2 Å². The molecule has 1 aromatic carbocycles. The summed E-state index contributed by atoms with van der Waals surface area (Å²) in [6.07, 6.45) is 2.63. The highest BCUT2D eigenvalue weighted by Gasteiger charge is 2.43. The highest BCUT2D eigenvalue weighted by Crippen LogP contribution is 2.48. The van der Waals surface area contributed by atoms with Gasteiger partial charge in [0.25, 0.3) is 0 Å². The van der Waals surface area contributed by atoms with Gasteiger partial charge in [-0.25, -0.2) is 0 Å². The van der Waals surface area contributed by atoms with E-state index >= 15 is 0 Å². The molecule has 1 aliphatic heterocycles. The van der Waals surface area contributed by atoms with Gasteiger partial charge in [-0.1, -0.05) is 32.6 Å². The maximum absolute atomic E-state index is 13.0. The largest absolute Gasteiger partial charge is 0.490 e. The number of hydrogen-bond acceptors (Lipinski definition) is 6. The first kappa shape index (κ1) is 20.5. The molecule has 0 amide bonds. The molecule has 0 radical (unpaired) electrons. The van der Waals surface area contributed by atoms with Gasteiger partial charge in [0.2, 0.25) is 5.88 Å². The van der Waals surface area contributed by atoms with Crippen LogP contribution in [0, 0.1) is 16.7 Å². The molecule has 0 fully saturated rings. The van der Waals surface area contributed by atoms with Gasteiger partial charge < -0.3 is 19.9 Å². The predicted octanol–water partition coefficient (Wildman–Crippen LogP) is 4.10.